The smallest absolute Gasteiger partial charge is 0.305 e. The Hall–Kier alpha value is -2.30. The van der Waals surface area contributed by atoms with E-state index in [2.05, 4.69) is 14.9 Å². The topological polar surface area (TPSA) is 141 Å². The number of nitrogens with zero attached hydrogens (tertiary/aromatic N) is 4. The van der Waals surface area contributed by atoms with Crippen molar-refractivity contribution >= 4 is 5.84 Å². The van der Waals surface area contributed by atoms with Crippen molar-refractivity contribution < 1.29 is 9.53 Å². The fraction of sp³-hybridized carbons (Fsp3) is 0. The van der Waals surface area contributed by atoms with Crippen molar-refractivity contribution in [2.45, 2.75) is 0 Å². The van der Waals surface area contributed by atoms with Gasteiger partial charge in [-0.1, -0.05) is 0 Å². The van der Waals surface area contributed by atoms with Crippen LogP contribution in [-0.4, -0.2) is 11.0 Å². The Kier molecular flexibility index (Phi) is 1.79. The molecule has 0 aliphatic rings. The van der Waals surface area contributed by atoms with E-state index in [1.807, 2.05) is 0 Å². The van der Waals surface area contributed by atoms with Gasteiger partial charge in [-0.15, -0.1) is 0 Å². The van der Waals surface area contributed by atoms with Crippen molar-refractivity contribution in [3.05, 3.63) is 16.6 Å². The molecule has 0 amide bonds. The minimum absolute atomic E-state index is 0.0760. The molecule has 12 heavy (non-hydrogen) atoms. The van der Waals surface area contributed by atoms with Crippen LogP contribution in [0.3, 0.4) is 0 Å². The maximum absolute atomic E-state index is 10.6. The molecular weight excluding hydrogens is 164 g/mol. The third-order valence-corrected chi connectivity index (χ3v) is 1.10. The molecule has 1 rings (SSSR count). The average Bonchev–Trinajstić information content (AvgIpc) is 2.45. The molecule has 0 aromatic carbocycles. The second kappa shape index (κ2) is 2.75. The van der Waals surface area contributed by atoms with Crippen LogP contribution in [0.1, 0.15) is 11.4 Å². The van der Waals surface area contributed by atoms with Crippen molar-refractivity contribution in [2.75, 3.05) is 0 Å². The van der Waals surface area contributed by atoms with Crippen LogP contribution >= 0.6 is 0 Å². The molecule has 0 saturated heterocycles. The molecule has 4 N–H and O–H groups in total. The highest BCUT2D eigenvalue weighted by molar-refractivity contribution is 5.96. The van der Waals surface area contributed by atoms with Crippen LogP contribution in [0.4, 0.5) is 0 Å². The first-order valence-corrected chi connectivity index (χ1v) is 2.74. The molecule has 8 heteroatoms. The lowest BCUT2D eigenvalue weighted by atomic mass is 10.3. The molecule has 8 nitrogen and oxygen atoms in total. The Morgan fingerprint density at radius 2 is 2.50 bits per heavy atom. The van der Waals surface area contributed by atoms with E-state index in [9.17, 15) is 5.21 Å². The molecule has 0 aliphatic carbocycles. The number of nitriles is 1. The van der Waals surface area contributed by atoms with Crippen LogP contribution in [0.25, 0.3) is 0 Å². The molecule has 1 aromatic rings. The van der Waals surface area contributed by atoms with Crippen molar-refractivity contribution in [1.29, 1.82) is 5.26 Å². The van der Waals surface area contributed by atoms with Gasteiger partial charge in [0.05, 0.1) is 5.16 Å². The lowest BCUT2D eigenvalue weighted by Gasteiger charge is -1.85. The van der Waals surface area contributed by atoms with Gasteiger partial charge in [0.2, 0.25) is 5.84 Å². The normalized spacial score (nSPS) is 11.1. The lowest BCUT2D eigenvalue weighted by molar-refractivity contribution is -0.804. The first-order valence-electron chi connectivity index (χ1n) is 2.74. The largest absolute Gasteiger partial charge is 0.378 e. The summed E-state index contributed by atoms with van der Waals surface area (Å²) in [5.41, 5.74) is 4.65. The van der Waals surface area contributed by atoms with E-state index in [1.54, 1.807) is 0 Å². The Balaban J connectivity index is 3.28. The molecule has 62 valence electrons. The summed E-state index contributed by atoms with van der Waals surface area (Å²) in [6.45, 7) is 0. The van der Waals surface area contributed by atoms with Gasteiger partial charge in [-0.3, -0.25) is 4.63 Å². The fourth-order valence-corrected chi connectivity index (χ4v) is 0.571. The first-order chi connectivity index (χ1) is 5.70. The second-order valence-electron chi connectivity index (χ2n) is 1.75. The third-order valence-electron chi connectivity index (χ3n) is 1.10. The van der Waals surface area contributed by atoms with Crippen LogP contribution in [0, 0.1) is 16.5 Å². The summed E-state index contributed by atoms with van der Waals surface area (Å²) >= 11 is 0. The predicted octanol–water partition coefficient (Wildman–Crippen LogP) is -2.24. The number of hydrogen-bond donors (Lipinski definition) is 2. The molecule has 0 saturated carbocycles. The van der Waals surface area contributed by atoms with Gasteiger partial charge in [0.15, 0.2) is 6.07 Å². The first kappa shape index (κ1) is 7.80. The highest BCUT2D eigenvalue weighted by atomic mass is 16.8. The van der Waals surface area contributed by atoms with Gasteiger partial charge in [-0.25, -0.2) is 0 Å². The molecule has 0 radical (unpaired) electrons. The molecule has 0 unspecified atom stereocenters. The lowest BCUT2D eigenvalue weighted by Crippen LogP contribution is -2.28. The number of nitrogens with two attached hydrogens (primary N) is 2. The average molecular weight is 168 g/mol. The zero-order valence-electron chi connectivity index (χ0n) is 5.76. The van der Waals surface area contributed by atoms with Gasteiger partial charge in [0.25, 0.3) is 0 Å². The summed E-state index contributed by atoms with van der Waals surface area (Å²) in [6, 6.07) is 1.54. The second-order valence-corrected chi connectivity index (χ2v) is 1.75. The molecule has 0 spiro atoms. The molecule has 1 heterocycles. The predicted molar refractivity (Wildman–Crippen MR) is 35.1 cm³/mol. The van der Waals surface area contributed by atoms with Gasteiger partial charge in [-0.2, -0.15) is 10.4 Å². The summed E-state index contributed by atoms with van der Waals surface area (Å²) in [5.74, 6) is 4.57. The minimum Gasteiger partial charge on any atom is -0.378 e. The van der Waals surface area contributed by atoms with Crippen molar-refractivity contribution in [3.63, 3.8) is 0 Å². The summed E-state index contributed by atoms with van der Waals surface area (Å²) in [4.78, 5) is -0.0760. The Morgan fingerprint density at radius 3 is 3.00 bits per heavy atom. The van der Waals surface area contributed by atoms with E-state index >= 15 is 0 Å². The molecular formula is C4H4N6O2. The quantitative estimate of drug-likeness (QED) is 0.159. The van der Waals surface area contributed by atoms with Gasteiger partial charge in [0, 0.05) is 0 Å². The van der Waals surface area contributed by atoms with Crippen LogP contribution in [0.2, 0.25) is 0 Å². The number of amidine groups is 1. The summed E-state index contributed by atoms with van der Waals surface area (Å²) in [7, 11) is 0. The van der Waals surface area contributed by atoms with Crippen molar-refractivity contribution in [3.8, 4) is 6.07 Å². The molecule has 0 bridgehead atoms. The number of hydrazone groups is 1. The molecule has 0 fully saturated rings. The monoisotopic (exact) mass is 168 g/mol. The SMILES string of the molecule is N#Cc1c(/C(N)=N/N)no[n+]1[O-]. The van der Waals surface area contributed by atoms with Crippen LogP contribution in [-0.2, 0) is 0 Å². The minimum atomic E-state index is -0.373. The highest BCUT2D eigenvalue weighted by Crippen LogP contribution is 1.96. The van der Waals surface area contributed by atoms with E-state index in [1.165, 1.54) is 6.07 Å². The van der Waals surface area contributed by atoms with Gasteiger partial charge >= 0.3 is 11.4 Å². The maximum atomic E-state index is 10.6. The Labute approximate surface area is 66.2 Å². The number of aromatic nitrogens is 2. The van der Waals surface area contributed by atoms with Gasteiger partial charge < -0.3 is 16.8 Å². The number of rotatable bonds is 1. The van der Waals surface area contributed by atoms with E-state index in [4.69, 9.17) is 16.8 Å². The maximum Gasteiger partial charge on any atom is 0.305 e. The molecule has 0 aliphatic heterocycles. The van der Waals surface area contributed by atoms with Gasteiger partial charge in [0.1, 0.15) is 0 Å². The molecule has 0 atom stereocenters. The van der Waals surface area contributed by atoms with Crippen LogP contribution in [0.15, 0.2) is 9.73 Å². The number of hydrogen-bond acceptors (Lipinski definition) is 6. The highest BCUT2D eigenvalue weighted by Gasteiger charge is 2.21. The fourth-order valence-electron chi connectivity index (χ4n) is 0.571. The third kappa shape index (κ3) is 0.988. The van der Waals surface area contributed by atoms with E-state index in [0.29, 0.717) is 0 Å². The van der Waals surface area contributed by atoms with E-state index in [-0.39, 0.29) is 22.1 Å². The van der Waals surface area contributed by atoms with Crippen LogP contribution in [0.5, 0.6) is 0 Å². The summed E-state index contributed by atoms with van der Waals surface area (Å²) < 4.78 is 4.08. The molecule has 1 aromatic heterocycles. The van der Waals surface area contributed by atoms with Crippen LogP contribution < -0.4 is 16.5 Å². The van der Waals surface area contributed by atoms with E-state index < -0.39 is 0 Å². The summed E-state index contributed by atoms with van der Waals surface area (Å²) in [6.07, 6.45) is 0. The van der Waals surface area contributed by atoms with Crippen molar-refractivity contribution in [1.82, 2.24) is 5.16 Å². The standard InChI is InChI=1S/C4H4N6O2/c5-1-2-3(4(6)8-7)9-12-10(2)11/h7H2,(H2,6,8). The summed E-state index contributed by atoms with van der Waals surface area (Å²) in [5, 5.41) is 25.2. The Bertz CT molecular complexity index is 360. The van der Waals surface area contributed by atoms with E-state index in [0.717, 1.165) is 0 Å². The zero-order valence-corrected chi connectivity index (χ0v) is 5.76. The van der Waals surface area contributed by atoms with Crippen molar-refractivity contribution in [2.24, 2.45) is 16.7 Å². The Morgan fingerprint density at radius 1 is 1.83 bits per heavy atom. The van der Waals surface area contributed by atoms with Gasteiger partial charge in [-0.05, 0) is 4.90 Å². The zero-order chi connectivity index (χ0) is 9.14.